The molecule has 1 N–H and O–H groups in total. The molecule has 0 aliphatic rings. The lowest BCUT2D eigenvalue weighted by atomic mass is 10.1. The minimum atomic E-state index is -4.41. The van der Waals surface area contributed by atoms with Crippen LogP contribution in [0.15, 0.2) is 36.7 Å². The van der Waals surface area contributed by atoms with Crippen LogP contribution in [-0.2, 0) is 12.7 Å². The second-order valence-electron chi connectivity index (χ2n) is 4.84. The monoisotopic (exact) mass is 283 g/mol. The van der Waals surface area contributed by atoms with E-state index in [4.69, 9.17) is 0 Å². The van der Waals surface area contributed by atoms with Crippen LogP contribution in [0.2, 0.25) is 0 Å². The number of aromatic nitrogens is 2. The molecule has 108 valence electrons. The quantitative estimate of drug-likeness (QED) is 0.932. The molecule has 20 heavy (non-hydrogen) atoms. The Morgan fingerprint density at radius 3 is 2.60 bits per heavy atom. The Morgan fingerprint density at radius 1 is 1.30 bits per heavy atom. The van der Waals surface area contributed by atoms with E-state index in [1.165, 1.54) is 29.2 Å². The Morgan fingerprint density at radius 2 is 2.05 bits per heavy atom. The molecule has 0 aliphatic carbocycles. The summed E-state index contributed by atoms with van der Waals surface area (Å²) in [6.07, 6.45) is -1.46. The number of nitrogens with one attached hydrogen (secondary N) is 1. The molecule has 0 aliphatic heterocycles. The average molecular weight is 283 g/mol. The SMILES string of the molecule is CC(C)NCc1ccc(-n2cccn2)c(C(F)(F)F)c1. The van der Waals surface area contributed by atoms with E-state index in [0.717, 1.165) is 0 Å². The third-order valence-corrected chi connectivity index (χ3v) is 2.83. The van der Waals surface area contributed by atoms with Crippen LogP contribution in [0.5, 0.6) is 0 Å². The van der Waals surface area contributed by atoms with E-state index in [0.29, 0.717) is 12.1 Å². The van der Waals surface area contributed by atoms with Crippen LogP contribution in [0.1, 0.15) is 25.0 Å². The van der Waals surface area contributed by atoms with Gasteiger partial charge < -0.3 is 5.32 Å². The van der Waals surface area contributed by atoms with Crippen molar-refractivity contribution in [2.75, 3.05) is 0 Å². The molecule has 1 aromatic heterocycles. The van der Waals surface area contributed by atoms with Crippen molar-refractivity contribution in [2.45, 2.75) is 32.6 Å². The molecule has 0 unspecified atom stereocenters. The molecule has 0 saturated heterocycles. The molecule has 1 aromatic carbocycles. The highest BCUT2D eigenvalue weighted by Crippen LogP contribution is 2.34. The molecule has 0 radical (unpaired) electrons. The van der Waals surface area contributed by atoms with Crippen molar-refractivity contribution < 1.29 is 13.2 Å². The van der Waals surface area contributed by atoms with E-state index in [1.807, 2.05) is 13.8 Å². The molecule has 1 heterocycles. The van der Waals surface area contributed by atoms with Crippen LogP contribution in [0.3, 0.4) is 0 Å². The molecule has 0 spiro atoms. The Balaban J connectivity index is 2.39. The average Bonchev–Trinajstić information content (AvgIpc) is 2.88. The molecule has 6 heteroatoms. The number of halogens is 3. The molecular weight excluding hydrogens is 267 g/mol. The summed E-state index contributed by atoms with van der Waals surface area (Å²) < 4.78 is 40.7. The number of hydrogen-bond donors (Lipinski definition) is 1. The minimum Gasteiger partial charge on any atom is -0.310 e. The number of alkyl halides is 3. The van der Waals surface area contributed by atoms with Crippen molar-refractivity contribution in [1.29, 1.82) is 0 Å². The highest BCUT2D eigenvalue weighted by molar-refractivity contribution is 5.44. The van der Waals surface area contributed by atoms with Gasteiger partial charge in [0.1, 0.15) is 0 Å². The second kappa shape index (κ2) is 5.66. The molecule has 0 atom stereocenters. The normalized spacial score (nSPS) is 12.1. The van der Waals surface area contributed by atoms with E-state index in [2.05, 4.69) is 10.4 Å². The van der Waals surface area contributed by atoms with Crippen LogP contribution >= 0.6 is 0 Å². The maximum atomic E-state index is 13.2. The molecule has 0 amide bonds. The van der Waals surface area contributed by atoms with Gasteiger partial charge in [0.05, 0.1) is 11.3 Å². The summed E-state index contributed by atoms with van der Waals surface area (Å²) in [5.41, 5.74) is -0.0398. The Kier molecular flexibility index (Phi) is 4.13. The smallest absolute Gasteiger partial charge is 0.310 e. The largest absolute Gasteiger partial charge is 0.418 e. The van der Waals surface area contributed by atoms with Crippen molar-refractivity contribution in [3.8, 4) is 5.69 Å². The molecule has 3 nitrogen and oxygen atoms in total. The molecule has 2 rings (SSSR count). The first-order valence-corrected chi connectivity index (χ1v) is 6.31. The van der Waals surface area contributed by atoms with E-state index in [1.54, 1.807) is 12.1 Å². The number of rotatable bonds is 4. The standard InChI is InChI=1S/C14H16F3N3/c1-10(2)18-9-11-4-5-13(20-7-3-6-19-20)12(8-11)14(15,16)17/h3-8,10,18H,9H2,1-2H3. The number of benzene rings is 1. The zero-order chi connectivity index (χ0) is 14.8. The lowest BCUT2D eigenvalue weighted by Gasteiger charge is -2.15. The fourth-order valence-corrected chi connectivity index (χ4v) is 1.85. The fourth-order valence-electron chi connectivity index (χ4n) is 1.85. The van der Waals surface area contributed by atoms with Gasteiger partial charge in [0.15, 0.2) is 0 Å². The second-order valence-corrected chi connectivity index (χ2v) is 4.84. The van der Waals surface area contributed by atoms with Crippen molar-refractivity contribution in [3.63, 3.8) is 0 Å². The number of hydrogen-bond acceptors (Lipinski definition) is 2. The summed E-state index contributed by atoms with van der Waals surface area (Å²) in [5, 5.41) is 6.97. The van der Waals surface area contributed by atoms with Crippen LogP contribution in [0.4, 0.5) is 13.2 Å². The Hall–Kier alpha value is -1.82. The minimum absolute atomic E-state index is 0.0378. The lowest BCUT2D eigenvalue weighted by Crippen LogP contribution is -2.22. The maximum absolute atomic E-state index is 13.2. The van der Waals surface area contributed by atoms with Gasteiger partial charge in [-0.1, -0.05) is 19.9 Å². The first kappa shape index (κ1) is 14.6. The predicted molar refractivity (Wildman–Crippen MR) is 70.5 cm³/mol. The Labute approximate surface area is 115 Å². The van der Waals surface area contributed by atoms with Crippen molar-refractivity contribution in [1.82, 2.24) is 15.1 Å². The van der Waals surface area contributed by atoms with Crippen molar-refractivity contribution in [3.05, 3.63) is 47.8 Å². The first-order valence-electron chi connectivity index (χ1n) is 6.31. The molecule has 0 saturated carbocycles. The van der Waals surface area contributed by atoms with Gasteiger partial charge in [0.25, 0.3) is 0 Å². The van der Waals surface area contributed by atoms with E-state index < -0.39 is 11.7 Å². The summed E-state index contributed by atoms with van der Waals surface area (Å²) >= 11 is 0. The fraction of sp³-hybridized carbons (Fsp3) is 0.357. The van der Waals surface area contributed by atoms with Gasteiger partial charge in [-0.3, -0.25) is 0 Å². The van der Waals surface area contributed by atoms with Gasteiger partial charge in [-0.15, -0.1) is 0 Å². The lowest BCUT2D eigenvalue weighted by molar-refractivity contribution is -0.137. The molecule has 0 fully saturated rings. The van der Waals surface area contributed by atoms with Crippen LogP contribution in [-0.4, -0.2) is 15.8 Å². The third-order valence-electron chi connectivity index (χ3n) is 2.83. The van der Waals surface area contributed by atoms with Crippen LogP contribution in [0.25, 0.3) is 5.69 Å². The van der Waals surface area contributed by atoms with E-state index in [9.17, 15) is 13.2 Å². The van der Waals surface area contributed by atoms with E-state index >= 15 is 0 Å². The van der Waals surface area contributed by atoms with Crippen LogP contribution < -0.4 is 5.32 Å². The first-order chi connectivity index (χ1) is 9.38. The number of nitrogens with zero attached hydrogens (tertiary/aromatic N) is 2. The highest BCUT2D eigenvalue weighted by Gasteiger charge is 2.34. The molecular formula is C14H16F3N3. The Bertz CT molecular complexity index is 560. The maximum Gasteiger partial charge on any atom is 0.418 e. The molecule has 2 aromatic rings. The van der Waals surface area contributed by atoms with Gasteiger partial charge in [-0.25, -0.2) is 4.68 Å². The predicted octanol–water partition coefficient (Wildman–Crippen LogP) is 3.39. The zero-order valence-electron chi connectivity index (χ0n) is 11.3. The topological polar surface area (TPSA) is 29.9 Å². The molecule has 0 bridgehead atoms. The summed E-state index contributed by atoms with van der Waals surface area (Å²) in [5.74, 6) is 0. The van der Waals surface area contributed by atoms with Gasteiger partial charge in [-0.05, 0) is 23.8 Å². The zero-order valence-corrected chi connectivity index (χ0v) is 11.3. The van der Waals surface area contributed by atoms with Gasteiger partial charge >= 0.3 is 6.18 Å². The summed E-state index contributed by atoms with van der Waals surface area (Å²) in [6.45, 7) is 4.30. The van der Waals surface area contributed by atoms with Gasteiger partial charge in [0, 0.05) is 25.0 Å². The third kappa shape index (κ3) is 3.39. The highest BCUT2D eigenvalue weighted by atomic mass is 19.4. The van der Waals surface area contributed by atoms with E-state index in [-0.39, 0.29) is 11.7 Å². The summed E-state index contributed by atoms with van der Waals surface area (Å²) in [4.78, 5) is 0. The van der Waals surface area contributed by atoms with Crippen LogP contribution in [0, 0.1) is 0 Å². The summed E-state index contributed by atoms with van der Waals surface area (Å²) in [6, 6.07) is 6.12. The van der Waals surface area contributed by atoms with Gasteiger partial charge in [0.2, 0.25) is 0 Å². The van der Waals surface area contributed by atoms with Crippen molar-refractivity contribution in [2.24, 2.45) is 0 Å². The summed E-state index contributed by atoms with van der Waals surface area (Å²) in [7, 11) is 0. The van der Waals surface area contributed by atoms with Gasteiger partial charge in [-0.2, -0.15) is 18.3 Å². The van der Waals surface area contributed by atoms with Crippen molar-refractivity contribution >= 4 is 0 Å².